The van der Waals surface area contributed by atoms with Crippen molar-refractivity contribution in [3.8, 4) is 0 Å². The summed E-state index contributed by atoms with van der Waals surface area (Å²) >= 11 is 0. The van der Waals surface area contributed by atoms with Crippen molar-refractivity contribution < 1.29 is 0 Å². The summed E-state index contributed by atoms with van der Waals surface area (Å²) in [5.41, 5.74) is 2.64. The average molecular weight is 433 g/mol. The van der Waals surface area contributed by atoms with Crippen LogP contribution >= 0.6 is 0 Å². The summed E-state index contributed by atoms with van der Waals surface area (Å²) in [7, 11) is 0. The minimum absolute atomic E-state index is 1.31. The molecule has 0 saturated carbocycles. The zero-order valence-corrected chi connectivity index (χ0v) is 22.4. The molecule has 0 aliphatic heterocycles. The van der Waals surface area contributed by atoms with E-state index in [1.165, 1.54) is 21.9 Å². The summed E-state index contributed by atoms with van der Waals surface area (Å²) in [6.45, 7) is 20.2. The molecule has 0 N–H and O–H groups in total. The van der Waals surface area contributed by atoms with Gasteiger partial charge in [-0.1, -0.05) is 176 Å². The zero-order valence-electron chi connectivity index (χ0n) is 22.4. The van der Waals surface area contributed by atoms with Gasteiger partial charge >= 0.3 is 0 Å². The fraction of sp³-hybridized carbons (Fsp3) is 0.312. The first-order chi connectivity index (χ1) is 15.8. The standard InChI is InChI=1S/C10H8.2C7H8.4C2H6/c1-2-6-10-8-4-3-7-9(10)5-1;2*1-7-5-3-2-4-6-7;4*1-2/h1-8H;2*2-6H,1H3;4*1-2H3. The van der Waals surface area contributed by atoms with Crippen LogP contribution in [0.25, 0.3) is 10.8 Å². The first-order valence-corrected chi connectivity index (χ1v) is 12.2. The zero-order chi connectivity index (χ0) is 25.0. The molecule has 0 radical (unpaired) electrons. The number of hydrogen-bond donors (Lipinski definition) is 0. The van der Waals surface area contributed by atoms with Crippen molar-refractivity contribution in [3.63, 3.8) is 0 Å². The van der Waals surface area contributed by atoms with Gasteiger partial charge in [-0.2, -0.15) is 0 Å². The van der Waals surface area contributed by atoms with Gasteiger partial charge in [0.25, 0.3) is 0 Å². The first kappa shape index (κ1) is 33.8. The van der Waals surface area contributed by atoms with E-state index in [9.17, 15) is 0 Å². The molecule has 32 heavy (non-hydrogen) atoms. The van der Waals surface area contributed by atoms with Crippen LogP contribution in [0.4, 0.5) is 0 Å². The van der Waals surface area contributed by atoms with E-state index in [-0.39, 0.29) is 0 Å². The van der Waals surface area contributed by atoms with Gasteiger partial charge < -0.3 is 0 Å². The molecule has 0 amide bonds. The Morgan fingerprint density at radius 1 is 0.281 bits per heavy atom. The minimum atomic E-state index is 1.31. The molecular weight excluding hydrogens is 384 g/mol. The summed E-state index contributed by atoms with van der Waals surface area (Å²) in [6, 6.07) is 37.2. The molecule has 0 aliphatic rings. The van der Waals surface area contributed by atoms with E-state index in [1.807, 2.05) is 91.8 Å². The third-order valence-electron chi connectivity index (χ3n) is 3.54. The molecule has 4 aromatic carbocycles. The molecule has 0 bridgehead atoms. The topological polar surface area (TPSA) is 0 Å². The Morgan fingerprint density at radius 3 is 0.625 bits per heavy atom. The number of rotatable bonds is 0. The minimum Gasteiger partial charge on any atom is -0.0683 e. The molecule has 0 heteroatoms. The van der Waals surface area contributed by atoms with Crippen LogP contribution in [0.2, 0.25) is 0 Å². The number of fused-ring (bicyclic) bond motifs is 1. The predicted octanol–water partition coefficient (Wildman–Crippen LogP) is 10.9. The number of aryl methyl sites for hydroxylation is 2. The average Bonchev–Trinajstić information content (AvgIpc) is 2.91. The summed E-state index contributed by atoms with van der Waals surface area (Å²) in [5.74, 6) is 0. The molecule has 0 saturated heterocycles. The van der Waals surface area contributed by atoms with Gasteiger partial charge in [0.1, 0.15) is 0 Å². The molecule has 0 unspecified atom stereocenters. The van der Waals surface area contributed by atoms with Gasteiger partial charge in [-0.3, -0.25) is 0 Å². The maximum absolute atomic E-state index is 2.12. The van der Waals surface area contributed by atoms with Crippen molar-refractivity contribution >= 4 is 10.8 Å². The molecule has 0 spiro atoms. The highest BCUT2D eigenvalue weighted by molar-refractivity contribution is 5.81. The molecule has 0 heterocycles. The number of hydrogen-bond acceptors (Lipinski definition) is 0. The quantitative estimate of drug-likeness (QED) is 0.259. The fourth-order valence-corrected chi connectivity index (χ4v) is 2.20. The maximum Gasteiger partial charge on any atom is -0.0184 e. The summed E-state index contributed by atoms with van der Waals surface area (Å²) in [4.78, 5) is 0. The van der Waals surface area contributed by atoms with Gasteiger partial charge in [0.2, 0.25) is 0 Å². The SMILES string of the molecule is CC.CC.CC.CC.Cc1ccccc1.Cc1ccccc1.c1ccc2ccccc2c1. The van der Waals surface area contributed by atoms with Crippen LogP contribution in [0.5, 0.6) is 0 Å². The van der Waals surface area contributed by atoms with Crippen LogP contribution in [-0.2, 0) is 0 Å². The van der Waals surface area contributed by atoms with Gasteiger partial charge in [-0.25, -0.2) is 0 Å². The van der Waals surface area contributed by atoms with E-state index in [0.717, 1.165) is 0 Å². The van der Waals surface area contributed by atoms with E-state index in [2.05, 4.69) is 86.6 Å². The lowest BCUT2D eigenvalue weighted by atomic mass is 10.1. The van der Waals surface area contributed by atoms with Crippen molar-refractivity contribution in [2.24, 2.45) is 0 Å². The van der Waals surface area contributed by atoms with E-state index in [1.54, 1.807) is 0 Å². The Balaban J connectivity index is -0.000000346. The summed E-state index contributed by atoms with van der Waals surface area (Å²) in [5, 5.41) is 2.62. The smallest absolute Gasteiger partial charge is 0.0184 e. The molecule has 0 aliphatic carbocycles. The Hall–Kier alpha value is -2.86. The summed E-state index contributed by atoms with van der Waals surface area (Å²) in [6.07, 6.45) is 0. The van der Waals surface area contributed by atoms with Crippen molar-refractivity contribution in [2.75, 3.05) is 0 Å². The first-order valence-electron chi connectivity index (χ1n) is 12.2. The lowest BCUT2D eigenvalue weighted by Crippen LogP contribution is -1.67. The third-order valence-corrected chi connectivity index (χ3v) is 3.54. The molecule has 0 fully saturated rings. The largest absolute Gasteiger partial charge is 0.0683 e. The van der Waals surface area contributed by atoms with Gasteiger partial charge in [0.05, 0.1) is 0 Å². The monoisotopic (exact) mass is 432 g/mol. The highest BCUT2D eigenvalue weighted by Crippen LogP contribution is 2.11. The van der Waals surface area contributed by atoms with E-state index in [0.29, 0.717) is 0 Å². The van der Waals surface area contributed by atoms with Gasteiger partial charge in [0, 0.05) is 0 Å². The van der Waals surface area contributed by atoms with Crippen molar-refractivity contribution in [1.29, 1.82) is 0 Å². The molecule has 4 rings (SSSR count). The van der Waals surface area contributed by atoms with Crippen molar-refractivity contribution in [3.05, 3.63) is 120 Å². The van der Waals surface area contributed by atoms with E-state index in [4.69, 9.17) is 0 Å². The van der Waals surface area contributed by atoms with E-state index < -0.39 is 0 Å². The van der Waals surface area contributed by atoms with Crippen LogP contribution in [0.15, 0.2) is 109 Å². The lowest BCUT2D eigenvalue weighted by molar-refractivity contribution is 1.48. The van der Waals surface area contributed by atoms with Crippen LogP contribution < -0.4 is 0 Å². The third kappa shape index (κ3) is 19.1. The number of benzene rings is 4. The Labute approximate surface area is 200 Å². The van der Waals surface area contributed by atoms with Crippen LogP contribution in [0.1, 0.15) is 66.5 Å². The van der Waals surface area contributed by atoms with Crippen LogP contribution in [-0.4, -0.2) is 0 Å². The van der Waals surface area contributed by atoms with Gasteiger partial charge in [-0.05, 0) is 24.6 Å². The lowest BCUT2D eigenvalue weighted by Gasteiger charge is -1.92. The Bertz CT molecular complexity index is 715. The second-order valence-electron chi connectivity index (χ2n) is 5.66. The predicted molar refractivity (Wildman–Crippen MR) is 152 cm³/mol. The van der Waals surface area contributed by atoms with E-state index >= 15 is 0 Å². The second-order valence-corrected chi connectivity index (χ2v) is 5.66. The van der Waals surface area contributed by atoms with Crippen molar-refractivity contribution in [2.45, 2.75) is 69.2 Å². The highest BCUT2D eigenvalue weighted by Gasteiger charge is 1.85. The molecule has 4 aromatic rings. The molecule has 176 valence electrons. The van der Waals surface area contributed by atoms with Crippen LogP contribution in [0.3, 0.4) is 0 Å². The summed E-state index contributed by atoms with van der Waals surface area (Å²) < 4.78 is 0. The van der Waals surface area contributed by atoms with Crippen molar-refractivity contribution in [1.82, 2.24) is 0 Å². The Morgan fingerprint density at radius 2 is 0.469 bits per heavy atom. The van der Waals surface area contributed by atoms with Gasteiger partial charge in [0.15, 0.2) is 0 Å². The molecule has 0 nitrogen and oxygen atoms in total. The Kier molecular flexibility index (Phi) is 29.7. The van der Waals surface area contributed by atoms with Crippen LogP contribution in [0, 0.1) is 13.8 Å². The molecule has 0 aromatic heterocycles. The fourth-order valence-electron chi connectivity index (χ4n) is 2.20. The normalized spacial score (nSPS) is 7.69. The maximum atomic E-state index is 2.12. The molecular formula is C32H48. The second kappa shape index (κ2) is 28.1. The van der Waals surface area contributed by atoms with Gasteiger partial charge in [-0.15, -0.1) is 0 Å². The highest BCUT2D eigenvalue weighted by atomic mass is 13.9. The molecule has 0 atom stereocenters.